The average molecular weight is 665 g/mol. The molecule has 0 unspecified atom stereocenters. The lowest BCUT2D eigenvalue weighted by molar-refractivity contribution is -0.870. The van der Waals surface area contributed by atoms with Crippen molar-refractivity contribution in [1.82, 2.24) is 40.3 Å². The molecule has 0 bridgehead atoms. The van der Waals surface area contributed by atoms with Gasteiger partial charge in [-0.15, -0.1) is 21.5 Å². The summed E-state index contributed by atoms with van der Waals surface area (Å²) in [5.74, 6) is 0.336. The van der Waals surface area contributed by atoms with Gasteiger partial charge in [0.1, 0.15) is 17.6 Å². The summed E-state index contributed by atoms with van der Waals surface area (Å²) in [6.45, 7) is 8.56. The standard InChI is InChI=1S/C31H41N11O4S/c1-31(2,3)23-19-47-29(33-23)35-27(43)20-12-15-41-25(17-20)34-26(22(28(41)44)10-11-24-36-38-39-37-24)40-14-7-9-21(18-40)46-30(45)32-13-8-16-42(4,5)6/h10-12,15,17,19,21H,7-9,13-14,16,18H2,1-6H3,(H2-,32,33,35,36,37,38,39,43,45)/p+1/t21-/m1/s1. The minimum atomic E-state index is -0.465. The zero-order valence-electron chi connectivity index (χ0n) is 27.6. The molecule has 16 heteroatoms. The van der Waals surface area contributed by atoms with Gasteiger partial charge >= 0.3 is 6.09 Å². The molecule has 2 amide bonds. The van der Waals surface area contributed by atoms with Gasteiger partial charge in [0.2, 0.25) is 0 Å². The molecular formula is C31H42N11O4S+. The van der Waals surface area contributed by atoms with E-state index in [0.717, 1.165) is 29.6 Å². The Morgan fingerprint density at radius 1 is 1.21 bits per heavy atom. The van der Waals surface area contributed by atoms with Crippen LogP contribution in [0.3, 0.4) is 0 Å². The maximum absolute atomic E-state index is 13.9. The minimum Gasteiger partial charge on any atom is -0.444 e. The zero-order chi connectivity index (χ0) is 33.8. The molecule has 5 heterocycles. The molecule has 47 heavy (non-hydrogen) atoms. The first-order valence-electron chi connectivity index (χ1n) is 15.5. The first-order valence-corrected chi connectivity index (χ1v) is 16.4. The Morgan fingerprint density at radius 2 is 2.02 bits per heavy atom. The van der Waals surface area contributed by atoms with Gasteiger partial charge in [0.25, 0.3) is 11.5 Å². The van der Waals surface area contributed by atoms with Crippen molar-refractivity contribution >= 4 is 52.1 Å². The second kappa shape index (κ2) is 14.0. The summed E-state index contributed by atoms with van der Waals surface area (Å²) < 4.78 is 7.97. The summed E-state index contributed by atoms with van der Waals surface area (Å²) >= 11 is 1.36. The second-order valence-electron chi connectivity index (χ2n) is 13.6. The molecule has 0 saturated carbocycles. The number of hydrogen-bond acceptors (Lipinski definition) is 11. The van der Waals surface area contributed by atoms with Crippen molar-refractivity contribution in [2.45, 2.75) is 51.6 Å². The van der Waals surface area contributed by atoms with Crippen LogP contribution in [0.15, 0.2) is 28.5 Å². The Labute approximate surface area is 276 Å². The zero-order valence-corrected chi connectivity index (χ0v) is 28.4. The Balaban J connectivity index is 1.39. The molecule has 1 atom stereocenters. The quantitative estimate of drug-likeness (QED) is 0.169. The van der Waals surface area contributed by atoms with Gasteiger partial charge in [0, 0.05) is 42.1 Å². The first-order chi connectivity index (χ1) is 22.3. The van der Waals surface area contributed by atoms with Crippen molar-refractivity contribution in [1.29, 1.82) is 0 Å². The SMILES string of the molecule is CC(C)(C)c1csc(NC(=O)c2ccn3c(=O)c(C=Cc4nn[nH]n4)c(N4CCC[C@@H](OC(=O)NCCC[N+](C)(C)C)C4)nc3c2)n1. The van der Waals surface area contributed by atoms with E-state index in [4.69, 9.17) is 9.72 Å². The van der Waals surface area contributed by atoms with Gasteiger partial charge in [-0.1, -0.05) is 20.8 Å². The normalized spacial score (nSPS) is 15.7. The van der Waals surface area contributed by atoms with Crippen LogP contribution >= 0.6 is 11.3 Å². The van der Waals surface area contributed by atoms with Gasteiger partial charge in [0.15, 0.2) is 11.0 Å². The number of alkyl carbamates (subject to hydrolysis) is 1. The van der Waals surface area contributed by atoms with Gasteiger partial charge in [-0.2, -0.15) is 5.21 Å². The van der Waals surface area contributed by atoms with Crippen LogP contribution in [0.5, 0.6) is 0 Å². The third-order valence-electron chi connectivity index (χ3n) is 7.59. The molecule has 1 fully saturated rings. The number of quaternary nitrogens is 1. The third-order valence-corrected chi connectivity index (χ3v) is 8.35. The topological polar surface area (TPSA) is 172 Å². The lowest BCUT2D eigenvalue weighted by Crippen LogP contribution is -2.44. The second-order valence-corrected chi connectivity index (χ2v) is 14.4. The number of aromatic amines is 1. The number of rotatable bonds is 10. The fourth-order valence-corrected chi connectivity index (χ4v) is 6.01. The number of carbonyl (C=O) groups excluding carboxylic acids is 2. The van der Waals surface area contributed by atoms with E-state index >= 15 is 0 Å². The number of ether oxygens (including phenoxy) is 1. The Bertz CT molecular complexity index is 1800. The fourth-order valence-electron chi connectivity index (χ4n) is 5.07. The third kappa shape index (κ3) is 8.77. The molecule has 15 nitrogen and oxygen atoms in total. The van der Waals surface area contributed by atoms with Gasteiger partial charge in [-0.05, 0) is 42.3 Å². The number of carbonyl (C=O) groups is 2. The van der Waals surface area contributed by atoms with Crippen LogP contribution in [-0.4, -0.2) is 105 Å². The number of nitrogens with one attached hydrogen (secondary N) is 3. The van der Waals surface area contributed by atoms with Gasteiger partial charge in [-0.25, -0.2) is 14.8 Å². The van der Waals surface area contributed by atoms with Crippen molar-refractivity contribution in [2.24, 2.45) is 0 Å². The average Bonchev–Trinajstić information content (AvgIpc) is 3.71. The summed E-state index contributed by atoms with van der Waals surface area (Å²) in [5, 5.41) is 22.0. The molecule has 1 aliphatic rings. The van der Waals surface area contributed by atoms with E-state index in [-0.39, 0.29) is 16.9 Å². The molecule has 1 saturated heterocycles. The predicted octanol–water partition coefficient (Wildman–Crippen LogP) is 3.18. The highest BCUT2D eigenvalue weighted by atomic mass is 32.1. The summed E-state index contributed by atoms with van der Waals surface area (Å²) in [7, 11) is 6.31. The lowest BCUT2D eigenvalue weighted by atomic mass is 9.93. The summed E-state index contributed by atoms with van der Waals surface area (Å²) in [6, 6.07) is 3.15. The summed E-state index contributed by atoms with van der Waals surface area (Å²) in [6.07, 6.45) is 6.07. The van der Waals surface area contributed by atoms with E-state index in [9.17, 15) is 14.4 Å². The molecule has 4 aromatic heterocycles. The largest absolute Gasteiger partial charge is 0.444 e. The van der Waals surface area contributed by atoms with E-state index in [1.807, 2.05) is 10.3 Å². The number of H-pyrrole nitrogens is 1. The smallest absolute Gasteiger partial charge is 0.407 e. The molecule has 0 spiro atoms. The molecule has 0 aliphatic carbocycles. The minimum absolute atomic E-state index is 0.145. The molecule has 0 aromatic carbocycles. The summed E-state index contributed by atoms with van der Waals surface area (Å²) in [5.41, 5.74) is 1.32. The number of aromatic nitrogens is 7. The number of anilines is 2. The van der Waals surface area contributed by atoms with Gasteiger partial charge in [-0.3, -0.25) is 19.3 Å². The first kappa shape index (κ1) is 33.7. The van der Waals surface area contributed by atoms with Crippen molar-refractivity contribution in [3.05, 3.63) is 56.7 Å². The molecule has 0 radical (unpaired) electrons. The van der Waals surface area contributed by atoms with E-state index < -0.39 is 12.2 Å². The predicted molar refractivity (Wildman–Crippen MR) is 181 cm³/mol. The number of pyridine rings is 1. The van der Waals surface area contributed by atoms with E-state index in [1.165, 1.54) is 21.9 Å². The number of fused-ring (bicyclic) bond motifs is 1. The highest BCUT2D eigenvalue weighted by molar-refractivity contribution is 7.14. The fraction of sp³-hybridized carbons (Fsp3) is 0.484. The van der Waals surface area contributed by atoms with Crippen LogP contribution in [-0.2, 0) is 10.2 Å². The monoisotopic (exact) mass is 664 g/mol. The number of nitrogens with zero attached hydrogens (tertiary/aromatic N) is 8. The molecular weight excluding hydrogens is 622 g/mol. The maximum atomic E-state index is 13.9. The van der Waals surface area contributed by atoms with E-state index in [1.54, 1.807) is 24.3 Å². The number of piperidine rings is 1. The van der Waals surface area contributed by atoms with Gasteiger partial charge in [0.05, 0.1) is 45.5 Å². The van der Waals surface area contributed by atoms with E-state index in [0.29, 0.717) is 59.6 Å². The van der Waals surface area contributed by atoms with Crippen LogP contribution in [0.25, 0.3) is 17.8 Å². The molecule has 250 valence electrons. The molecule has 3 N–H and O–H groups in total. The van der Waals surface area contributed by atoms with Crippen molar-refractivity contribution in [2.75, 3.05) is 57.5 Å². The highest BCUT2D eigenvalue weighted by Gasteiger charge is 2.27. The molecule has 4 aromatic rings. The highest BCUT2D eigenvalue weighted by Crippen LogP contribution is 2.27. The van der Waals surface area contributed by atoms with Crippen LogP contribution < -0.4 is 21.1 Å². The van der Waals surface area contributed by atoms with E-state index in [2.05, 4.69) is 78.2 Å². The Hall–Kier alpha value is -4.70. The number of thiazole rings is 1. The Morgan fingerprint density at radius 3 is 2.72 bits per heavy atom. The number of hydrogen-bond donors (Lipinski definition) is 3. The number of tetrazole rings is 1. The lowest BCUT2D eigenvalue weighted by Gasteiger charge is -2.34. The molecule has 5 rings (SSSR count). The maximum Gasteiger partial charge on any atom is 0.407 e. The van der Waals surface area contributed by atoms with Crippen molar-refractivity contribution in [3.63, 3.8) is 0 Å². The van der Waals surface area contributed by atoms with Crippen molar-refractivity contribution in [3.8, 4) is 0 Å². The van der Waals surface area contributed by atoms with Gasteiger partial charge < -0.3 is 19.4 Å². The Kier molecular flexibility index (Phi) is 10.0. The molecule has 1 aliphatic heterocycles. The van der Waals surface area contributed by atoms with Crippen LogP contribution in [0.2, 0.25) is 0 Å². The van der Waals surface area contributed by atoms with Crippen LogP contribution in [0.4, 0.5) is 15.7 Å². The van der Waals surface area contributed by atoms with Crippen LogP contribution in [0, 0.1) is 0 Å². The number of amides is 2. The summed E-state index contributed by atoms with van der Waals surface area (Å²) in [4.78, 5) is 51.0. The van der Waals surface area contributed by atoms with Crippen molar-refractivity contribution < 1.29 is 18.8 Å². The van der Waals surface area contributed by atoms with Crippen LogP contribution in [0.1, 0.15) is 67.5 Å².